The first kappa shape index (κ1) is 31.9. The van der Waals surface area contributed by atoms with Crippen molar-refractivity contribution in [2.24, 2.45) is 0 Å². The van der Waals surface area contributed by atoms with Crippen molar-refractivity contribution in [3.8, 4) is 5.75 Å². The molecule has 3 rings (SSSR count). The van der Waals surface area contributed by atoms with Gasteiger partial charge in [-0.25, -0.2) is 0 Å². The van der Waals surface area contributed by atoms with Crippen LogP contribution in [-0.2, 0) is 12.6 Å². The molecule has 0 aliphatic carbocycles. The van der Waals surface area contributed by atoms with E-state index in [1.807, 2.05) is 0 Å². The molecule has 1 amide bonds. The summed E-state index contributed by atoms with van der Waals surface area (Å²) in [7, 11) is 0. The molecule has 0 spiro atoms. The lowest BCUT2D eigenvalue weighted by atomic mass is 9.99. The van der Waals surface area contributed by atoms with Crippen LogP contribution in [0.2, 0.25) is 0 Å². The van der Waals surface area contributed by atoms with Gasteiger partial charge in [-0.15, -0.1) is 0 Å². The van der Waals surface area contributed by atoms with E-state index in [0.717, 1.165) is 69.9 Å². The van der Waals surface area contributed by atoms with Gasteiger partial charge in [0.25, 0.3) is 5.91 Å². The second-order valence-electron chi connectivity index (χ2n) is 10.8. The van der Waals surface area contributed by atoms with E-state index in [0.29, 0.717) is 18.7 Å². The molecule has 2 aromatic rings. The molecular weight excluding hydrogens is 515 g/mol. The standard InChI is InChI=1S/C32H46F3N3O2/c1-5-16-36(17-6-2)18-7-8-24-40-30-14-11-27(25(3)26(30)4)15-19-37-20-22-38(23-21-37)31(39)28-9-12-29(13-10-28)32(33,34)35/h9-14H,5-8,15-24H2,1-4H3. The number of alkyl halides is 3. The lowest BCUT2D eigenvalue weighted by molar-refractivity contribution is -0.137. The summed E-state index contributed by atoms with van der Waals surface area (Å²) in [6, 6.07) is 8.75. The molecule has 2 aromatic carbocycles. The van der Waals surface area contributed by atoms with Crippen LogP contribution in [0, 0.1) is 13.8 Å². The molecule has 0 radical (unpaired) electrons. The molecule has 1 saturated heterocycles. The summed E-state index contributed by atoms with van der Waals surface area (Å²) in [6.45, 7) is 16.5. The van der Waals surface area contributed by atoms with Gasteiger partial charge >= 0.3 is 6.18 Å². The number of carbonyl (C=O) groups excluding carboxylic acids is 1. The minimum Gasteiger partial charge on any atom is -0.493 e. The van der Waals surface area contributed by atoms with E-state index in [1.165, 1.54) is 54.8 Å². The average molecular weight is 562 g/mol. The number of amides is 1. The zero-order valence-corrected chi connectivity index (χ0v) is 24.7. The monoisotopic (exact) mass is 561 g/mol. The maximum Gasteiger partial charge on any atom is 0.416 e. The van der Waals surface area contributed by atoms with Crippen molar-refractivity contribution < 1.29 is 22.7 Å². The highest BCUT2D eigenvalue weighted by molar-refractivity contribution is 5.94. The number of rotatable bonds is 14. The van der Waals surface area contributed by atoms with Crippen molar-refractivity contribution in [3.05, 3.63) is 64.2 Å². The predicted octanol–water partition coefficient (Wildman–Crippen LogP) is 6.60. The number of ether oxygens (including phenoxy) is 1. The van der Waals surface area contributed by atoms with Crippen molar-refractivity contribution in [1.29, 1.82) is 0 Å². The molecule has 1 heterocycles. The number of benzene rings is 2. The van der Waals surface area contributed by atoms with Gasteiger partial charge in [-0.2, -0.15) is 13.2 Å². The molecular formula is C32H46F3N3O2. The van der Waals surface area contributed by atoms with Gasteiger partial charge in [-0.3, -0.25) is 9.69 Å². The van der Waals surface area contributed by atoms with Crippen LogP contribution < -0.4 is 4.74 Å². The van der Waals surface area contributed by atoms with E-state index in [9.17, 15) is 18.0 Å². The van der Waals surface area contributed by atoms with Crippen LogP contribution in [-0.4, -0.2) is 79.6 Å². The van der Waals surface area contributed by atoms with Gasteiger partial charge in [0.2, 0.25) is 0 Å². The Bertz CT molecular complexity index is 1060. The quantitative estimate of drug-likeness (QED) is 0.244. The third-order valence-electron chi connectivity index (χ3n) is 7.87. The van der Waals surface area contributed by atoms with Crippen LogP contribution >= 0.6 is 0 Å². The number of carbonyl (C=O) groups is 1. The second kappa shape index (κ2) is 15.4. The molecule has 8 heteroatoms. The molecule has 0 bridgehead atoms. The van der Waals surface area contributed by atoms with Crippen LogP contribution in [0.3, 0.4) is 0 Å². The van der Waals surface area contributed by atoms with Gasteiger partial charge in [-0.05, 0) is 113 Å². The first-order valence-corrected chi connectivity index (χ1v) is 14.8. The Morgan fingerprint density at radius 2 is 1.52 bits per heavy atom. The van der Waals surface area contributed by atoms with Crippen molar-refractivity contribution in [2.75, 3.05) is 59.0 Å². The molecule has 0 atom stereocenters. The normalized spacial score (nSPS) is 14.7. The fourth-order valence-corrected chi connectivity index (χ4v) is 5.30. The zero-order valence-electron chi connectivity index (χ0n) is 24.7. The highest BCUT2D eigenvalue weighted by atomic mass is 19.4. The Hall–Kier alpha value is -2.58. The number of unbranched alkanes of at least 4 members (excludes halogenated alkanes) is 1. The summed E-state index contributed by atoms with van der Waals surface area (Å²) >= 11 is 0. The first-order chi connectivity index (χ1) is 19.1. The number of hydrogen-bond donors (Lipinski definition) is 0. The van der Waals surface area contributed by atoms with E-state index < -0.39 is 11.7 Å². The molecule has 5 nitrogen and oxygen atoms in total. The fraction of sp³-hybridized carbons (Fsp3) is 0.594. The first-order valence-electron chi connectivity index (χ1n) is 14.8. The molecule has 0 saturated carbocycles. The van der Waals surface area contributed by atoms with Crippen LogP contribution in [0.25, 0.3) is 0 Å². The third-order valence-corrected chi connectivity index (χ3v) is 7.87. The molecule has 1 fully saturated rings. The highest BCUT2D eigenvalue weighted by Crippen LogP contribution is 2.29. The van der Waals surface area contributed by atoms with Crippen LogP contribution in [0.1, 0.15) is 72.1 Å². The predicted molar refractivity (Wildman–Crippen MR) is 155 cm³/mol. The van der Waals surface area contributed by atoms with E-state index in [-0.39, 0.29) is 5.91 Å². The number of nitrogens with zero attached hydrogens (tertiary/aromatic N) is 3. The van der Waals surface area contributed by atoms with Gasteiger partial charge in [0, 0.05) is 38.3 Å². The summed E-state index contributed by atoms with van der Waals surface area (Å²) in [5.74, 6) is 0.755. The van der Waals surface area contributed by atoms with Gasteiger partial charge < -0.3 is 14.5 Å². The largest absolute Gasteiger partial charge is 0.493 e. The van der Waals surface area contributed by atoms with Crippen molar-refractivity contribution >= 4 is 5.91 Å². The van der Waals surface area contributed by atoms with Gasteiger partial charge in [-0.1, -0.05) is 19.9 Å². The molecule has 1 aliphatic heterocycles. The molecule has 0 aromatic heterocycles. The van der Waals surface area contributed by atoms with Crippen molar-refractivity contribution in [3.63, 3.8) is 0 Å². The molecule has 0 N–H and O–H groups in total. The maximum absolute atomic E-state index is 12.8. The average Bonchev–Trinajstić information content (AvgIpc) is 2.94. The Morgan fingerprint density at radius 3 is 2.12 bits per heavy atom. The number of hydrogen-bond acceptors (Lipinski definition) is 4. The Morgan fingerprint density at radius 1 is 0.875 bits per heavy atom. The molecule has 40 heavy (non-hydrogen) atoms. The van der Waals surface area contributed by atoms with Gasteiger partial charge in [0.1, 0.15) is 5.75 Å². The van der Waals surface area contributed by atoms with E-state index in [1.54, 1.807) is 4.90 Å². The number of piperazine rings is 1. The lowest BCUT2D eigenvalue weighted by Gasteiger charge is -2.35. The Kier molecular flexibility index (Phi) is 12.3. The lowest BCUT2D eigenvalue weighted by Crippen LogP contribution is -2.49. The van der Waals surface area contributed by atoms with Crippen molar-refractivity contribution in [2.45, 2.75) is 66.0 Å². The van der Waals surface area contributed by atoms with E-state index in [2.05, 4.69) is 49.6 Å². The van der Waals surface area contributed by atoms with Crippen LogP contribution in [0.5, 0.6) is 5.75 Å². The summed E-state index contributed by atoms with van der Waals surface area (Å²) in [4.78, 5) is 19.4. The zero-order chi connectivity index (χ0) is 29.1. The third kappa shape index (κ3) is 9.23. The minimum atomic E-state index is -4.40. The summed E-state index contributed by atoms with van der Waals surface area (Å²) in [5, 5.41) is 0. The number of halogens is 3. The molecule has 222 valence electrons. The molecule has 1 aliphatic rings. The van der Waals surface area contributed by atoms with E-state index >= 15 is 0 Å². The van der Waals surface area contributed by atoms with E-state index in [4.69, 9.17) is 4.74 Å². The van der Waals surface area contributed by atoms with Crippen molar-refractivity contribution in [1.82, 2.24) is 14.7 Å². The smallest absolute Gasteiger partial charge is 0.416 e. The van der Waals surface area contributed by atoms with Gasteiger partial charge in [0.15, 0.2) is 0 Å². The SMILES string of the molecule is CCCN(CCC)CCCCOc1ccc(CCN2CCN(C(=O)c3ccc(C(F)(F)F)cc3)CC2)c(C)c1C. The summed E-state index contributed by atoms with van der Waals surface area (Å²) in [6.07, 6.45) is 1.12. The van der Waals surface area contributed by atoms with Crippen LogP contribution in [0.15, 0.2) is 36.4 Å². The summed E-state index contributed by atoms with van der Waals surface area (Å²) < 4.78 is 44.6. The maximum atomic E-state index is 12.8. The Balaban J connectivity index is 1.41. The fourth-order valence-electron chi connectivity index (χ4n) is 5.30. The minimum absolute atomic E-state index is 0.213. The van der Waals surface area contributed by atoms with Crippen LogP contribution in [0.4, 0.5) is 13.2 Å². The highest BCUT2D eigenvalue weighted by Gasteiger charge is 2.30. The Labute approximate surface area is 238 Å². The topological polar surface area (TPSA) is 36.0 Å². The van der Waals surface area contributed by atoms with Gasteiger partial charge in [0.05, 0.1) is 12.2 Å². The summed E-state index contributed by atoms with van der Waals surface area (Å²) in [5.41, 5.74) is 3.33. The second-order valence-corrected chi connectivity index (χ2v) is 10.8. The molecule has 0 unspecified atom stereocenters.